The number of aromatic nitrogens is 2. The van der Waals surface area contributed by atoms with Crippen LogP contribution < -0.4 is 0 Å². The number of rotatable bonds is 6. The zero-order valence-electron chi connectivity index (χ0n) is 10.7. The minimum Gasteiger partial charge on any atom is -0.297 e. The molecule has 0 saturated heterocycles. The lowest BCUT2D eigenvalue weighted by molar-refractivity contribution is 0.302. The lowest BCUT2D eigenvalue weighted by atomic mass is 9.80. The maximum absolute atomic E-state index is 4.70. The normalized spacial score (nSPS) is 12.7. The lowest BCUT2D eigenvalue weighted by Gasteiger charge is -2.31. The molecule has 0 saturated carbocycles. The minimum absolute atomic E-state index is 0.262. The van der Waals surface area contributed by atoms with E-state index in [4.69, 9.17) is 4.98 Å². The van der Waals surface area contributed by atoms with Crippen LogP contribution in [0.4, 0.5) is 0 Å². The summed E-state index contributed by atoms with van der Waals surface area (Å²) in [6.45, 7) is 4.57. The van der Waals surface area contributed by atoms with E-state index in [0.29, 0.717) is 5.92 Å². The summed E-state index contributed by atoms with van der Waals surface area (Å²) < 4.78 is 2.11. The Morgan fingerprint density at radius 1 is 1.39 bits per heavy atom. The zero-order chi connectivity index (χ0) is 13.2. The number of imidazole rings is 1. The molecular formula is C13H18Br2N2S. The summed E-state index contributed by atoms with van der Waals surface area (Å²) in [6.07, 6.45) is 6.46. The maximum Gasteiger partial charge on any atom is 0.193 e. The van der Waals surface area contributed by atoms with Crippen molar-refractivity contribution in [3.05, 3.63) is 23.5 Å². The first kappa shape index (κ1) is 14.5. The van der Waals surface area contributed by atoms with Gasteiger partial charge < -0.3 is 0 Å². The first-order valence-corrected chi connectivity index (χ1v) is 9.24. The van der Waals surface area contributed by atoms with Gasteiger partial charge in [0.1, 0.15) is 0 Å². The van der Waals surface area contributed by atoms with Crippen molar-refractivity contribution in [3.63, 3.8) is 0 Å². The van der Waals surface area contributed by atoms with Gasteiger partial charge in [-0.2, -0.15) is 0 Å². The van der Waals surface area contributed by atoms with Gasteiger partial charge in [0.05, 0.1) is 5.69 Å². The molecule has 100 valence electrons. The van der Waals surface area contributed by atoms with Crippen molar-refractivity contribution in [1.29, 1.82) is 0 Å². The summed E-state index contributed by atoms with van der Waals surface area (Å²) in [6, 6.07) is 0. The average Bonchev–Trinajstić information content (AvgIpc) is 2.87. The van der Waals surface area contributed by atoms with Gasteiger partial charge >= 0.3 is 0 Å². The van der Waals surface area contributed by atoms with Crippen molar-refractivity contribution in [3.8, 4) is 0 Å². The molecule has 0 amide bonds. The van der Waals surface area contributed by atoms with Crippen LogP contribution in [0.15, 0.2) is 17.8 Å². The van der Waals surface area contributed by atoms with E-state index in [9.17, 15) is 0 Å². The number of hydrogen-bond acceptors (Lipinski definition) is 2. The number of hydrogen-bond donors (Lipinski definition) is 0. The molecule has 2 rings (SSSR count). The Kier molecular flexibility index (Phi) is 4.89. The van der Waals surface area contributed by atoms with Gasteiger partial charge in [-0.1, -0.05) is 45.7 Å². The first-order valence-electron chi connectivity index (χ1n) is 6.11. The molecule has 2 heterocycles. The highest BCUT2D eigenvalue weighted by Crippen LogP contribution is 2.34. The molecule has 0 unspecified atom stereocenters. The third-order valence-corrected chi connectivity index (χ3v) is 6.26. The third kappa shape index (κ3) is 3.17. The molecule has 0 aliphatic heterocycles. The predicted octanol–water partition coefficient (Wildman–Crippen LogP) is 4.76. The summed E-state index contributed by atoms with van der Waals surface area (Å²) in [5.74, 6) is 0.698. The third-order valence-electron chi connectivity index (χ3n) is 3.11. The molecule has 2 aromatic heterocycles. The van der Waals surface area contributed by atoms with Crippen LogP contribution in [-0.2, 0) is 6.42 Å². The molecule has 2 nitrogen and oxygen atoms in total. The van der Waals surface area contributed by atoms with Crippen molar-refractivity contribution >= 4 is 48.2 Å². The SMILES string of the molecule is CC(C)CC(CBr)(CBr)Cc1cn2ccsc2n1. The lowest BCUT2D eigenvalue weighted by Crippen LogP contribution is -2.29. The van der Waals surface area contributed by atoms with Gasteiger partial charge in [-0.05, 0) is 24.2 Å². The van der Waals surface area contributed by atoms with E-state index in [2.05, 4.69) is 67.9 Å². The standard InChI is InChI=1S/C13H18Br2N2S/c1-10(2)5-13(8-14,9-15)6-11-7-17-3-4-18-12(17)16-11/h3-4,7,10H,5-6,8-9H2,1-2H3. The van der Waals surface area contributed by atoms with E-state index >= 15 is 0 Å². The summed E-state index contributed by atoms with van der Waals surface area (Å²) in [5.41, 5.74) is 1.46. The molecule has 5 heteroatoms. The van der Waals surface area contributed by atoms with Gasteiger partial charge in [0.25, 0.3) is 0 Å². The molecule has 0 atom stereocenters. The maximum atomic E-state index is 4.70. The Morgan fingerprint density at radius 3 is 2.67 bits per heavy atom. The highest BCUT2D eigenvalue weighted by Gasteiger charge is 2.30. The summed E-state index contributed by atoms with van der Waals surface area (Å²) in [5, 5.41) is 4.09. The molecule has 0 aliphatic carbocycles. The fourth-order valence-corrected chi connectivity index (χ4v) is 4.92. The summed E-state index contributed by atoms with van der Waals surface area (Å²) in [4.78, 5) is 5.79. The highest BCUT2D eigenvalue weighted by atomic mass is 79.9. The van der Waals surface area contributed by atoms with Gasteiger partial charge in [0.2, 0.25) is 0 Å². The Balaban J connectivity index is 2.20. The topological polar surface area (TPSA) is 17.3 Å². The number of thiazole rings is 1. The molecule has 0 spiro atoms. The summed E-state index contributed by atoms with van der Waals surface area (Å²) in [7, 11) is 0. The average molecular weight is 394 g/mol. The number of nitrogens with zero attached hydrogens (tertiary/aromatic N) is 2. The number of fused-ring (bicyclic) bond motifs is 1. The largest absolute Gasteiger partial charge is 0.297 e. The van der Waals surface area contributed by atoms with Gasteiger partial charge in [-0.15, -0.1) is 11.3 Å². The second-order valence-electron chi connectivity index (χ2n) is 5.37. The first-order chi connectivity index (χ1) is 8.58. The van der Waals surface area contributed by atoms with Crippen molar-refractivity contribution < 1.29 is 0 Å². The minimum atomic E-state index is 0.262. The molecule has 0 aromatic carbocycles. The van der Waals surface area contributed by atoms with E-state index in [1.165, 1.54) is 12.1 Å². The van der Waals surface area contributed by atoms with E-state index in [0.717, 1.165) is 22.0 Å². The van der Waals surface area contributed by atoms with E-state index in [1.54, 1.807) is 11.3 Å². The molecule has 2 aromatic rings. The Hall–Kier alpha value is 0.130. The van der Waals surface area contributed by atoms with Crippen LogP contribution >= 0.6 is 43.2 Å². The Morgan fingerprint density at radius 2 is 2.11 bits per heavy atom. The van der Waals surface area contributed by atoms with Crippen LogP contribution in [0.25, 0.3) is 4.96 Å². The van der Waals surface area contributed by atoms with Gasteiger partial charge in [-0.3, -0.25) is 4.40 Å². The Labute approximate surface area is 129 Å². The van der Waals surface area contributed by atoms with Crippen LogP contribution in [0.2, 0.25) is 0 Å². The van der Waals surface area contributed by atoms with Crippen LogP contribution in [0.1, 0.15) is 26.0 Å². The number of alkyl halides is 2. The molecule has 0 bridgehead atoms. The van der Waals surface area contributed by atoms with Gasteiger partial charge in [0.15, 0.2) is 4.96 Å². The second kappa shape index (κ2) is 6.06. The smallest absolute Gasteiger partial charge is 0.193 e. The van der Waals surface area contributed by atoms with Crippen molar-refractivity contribution in [2.24, 2.45) is 11.3 Å². The van der Waals surface area contributed by atoms with Crippen molar-refractivity contribution in [2.45, 2.75) is 26.7 Å². The van der Waals surface area contributed by atoms with Crippen molar-refractivity contribution in [1.82, 2.24) is 9.38 Å². The quantitative estimate of drug-likeness (QED) is 0.646. The highest BCUT2D eigenvalue weighted by molar-refractivity contribution is 9.09. The number of halogens is 2. The van der Waals surface area contributed by atoms with Crippen molar-refractivity contribution in [2.75, 3.05) is 10.7 Å². The van der Waals surface area contributed by atoms with Crippen LogP contribution in [-0.4, -0.2) is 20.0 Å². The molecule has 0 aliphatic rings. The zero-order valence-corrected chi connectivity index (χ0v) is 14.7. The van der Waals surface area contributed by atoms with Crippen LogP contribution in [0, 0.1) is 11.3 Å². The monoisotopic (exact) mass is 392 g/mol. The van der Waals surface area contributed by atoms with Gasteiger partial charge in [0, 0.05) is 28.4 Å². The molecule has 0 fully saturated rings. The van der Waals surface area contributed by atoms with Crippen LogP contribution in [0.5, 0.6) is 0 Å². The molecule has 18 heavy (non-hydrogen) atoms. The van der Waals surface area contributed by atoms with E-state index in [-0.39, 0.29) is 5.41 Å². The molecular weight excluding hydrogens is 376 g/mol. The molecule has 0 radical (unpaired) electrons. The Bertz CT molecular complexity index is 471. The fourth-order valence-electron chi connectivity index (χ4n) is 2.42. The fraction of sp³-hybridized carbons (Fsp3) is 0.615. The van der Waals surface area contributed by atoms with Gasteiger partial charge in [-0.25, -0.2) is 4.98 Å². The van der Waals surface area contributed by atoms with E-state index in [1.807, 2.05) is 0 Å². The molecule has 0 N–H and O–H groups in total. The van der Waals surface area contributed by atoms with Crippen LogP contribution in [0.3, 0.4) is 0 Å². The van der Waals surface area contributed by atoms with E-state index < -0.39 is 0 Å². The predicted molar refractivity (Wildman–Crippen MR) is 86.2 cm³/mol. The second-order valence-corrected chi connectivity index (χ2v) is 7.36. The summed E-state index contributed by atoms with van der Waals surface area (Å²) >= 11 is 9.08.